The van der Waals surface area contributed by atoms with Gasteiger partial charge in [0.05, 0.1) is 5.56 Å². The van der Waals surface area contributed by atoms with Crippen LogP contribution < -0.4 is 5.32 Å². The summed E-state index contributed by atoms with van der Waals surface area (Å²) in [6.45, 7) is 4.02. The quantitative estimate of drug-likeness (QED) is 0.696. The largest absolute Gasteiger partial charge is 0.478 e. The zero-order valence-corrected chi connectivity index (χ0v) is 9.70. The Balaban J connectivity index is 2.29. The molecule has 0 aliphatic carbocycles. The van der Waals surface area contributed by atoms with Gasteiger partial charge in [-0.3, -0.25) is 0 Å². The third-order valence-corrected chi connectivity index (χ3v) is 2.49. The minimum absolute atomic E-state index is 0.342. The molecule has 0 bridgehead atoms. The van der Waals surface area contributed by atoms with Crippen molar-refractivity contribution < 1.29 is 9.90 Å². The van der Waals surface area contributed by atoms with E-state index < -0.39 is 5.97 Å². The summed E-state index contributed by atoms with van der Waals surface area (Å²) in [7, 11) is 0. The van der Waals surface area contributed by atoms with Gasteiger partial charge in [-0.1, -0.05) is 31.9 Å². The summed E-state index contributed by atoms with van der Waals surface area (Å²) in [4.78, 5) is 10.6. The van der Waals surface area contributed by atoms with Gasteiger partial charge in [0.25, 0.3) is 0 Å². The fourth-order valence-corrected chi connectivity index (χ4v) is 1.50. The fraction of sp³-hybridized carbons (Fsp3) is 0.462. The number of carbonyl (C=O) groups is 1. The van der Waals surface area contributed by atoms with Gasteiger partial charge in [-0.15, -0.1) is 0 Å². The van der Waals surface area contributed by atoms with Crippen LogP contribution in [-0.4, -0.2) is 17.6 Å². The number of benzene rings is 1. The van der Waals surface area contributed by atoms with E-state index in [0.29, 0.717) is 5.56 Å². The second-order valence-electron chi connectivity index (χ2n) is 3.89. The standard InChI is InChI=1S/C13H19NO2/c1-2-3-4-9-14-10-11-5-7-12(8-6-11)13(15)16/h5-8,14H,2-4,9-10H2,1H3,(H,15,16). The Hall–Kier alpha value is -1.35. The van der Waals surface area contributed by atoms with Gasteiger partial charge < -0.3 is 10.4 Å². The van der Waals surface area contributed by atoms with E-state index >= 15 is 0 Å². The molecule has 0 spiro atoms. The summed E-state index contributed by atoms with van der Waals surface area (Å²) in [5.74, 6) is -0.873. The molecular formula is C13H19NO2. The van der Waals surface area contributed by atoms with Crippen molar-refractivity contribution in [3.05, 3.63) is 35.4 Å². The highest BCUT2D eigenvalue weighted by Crippen LogP contribution is 2.04. The molecule has 0 aliphatic heterocycles. The van der Waals surface area contributed by atoms with E-state index in [9.17, 15) is 4.79 Å². The van der Waals surface area contributed by atoms with Crippen LogP contribution in [0.5, 0.6) is 0 Å². The zero-order valence-electron chi connectivity index (χ0n) is 9.70. The van der Waals surface area contributed by atoms with Crippen molar-refractivity contribution in [2.24, 2.45) is 0 Å². The Kier molecular flexibility index (Phi) is 5.57. The maximum atomic E-state index is 10.6. The van der Waals surface area contributed by atoms with Gasteiger partial charge in [-0.2, -0.15) is 0 Å². The molecule has 0 aromatic heterocycles. The Labute approximate surface area is 96.5 Å². The van der Waals surface area contributed by atoms with Gasteiger partial charge in [-0.05, 0) is 30.7 Å². The van der Waals surface area contributed by atoms with Crippen LogP contribution in [-0.2, 0) is 6.54 Å². The Morgan fingerprint density at radius 2 is 1.94 bits per heavy atom. The van der Waals surface area contributed by atoms with E-state index in [1.807, 2.05) is 12.1 Å². The Morgan fingerprint density at radius 1 is 1.25 bits per heavy atom. The molecule has 0 radical (unpaired) electrons. The van der Waals surface area contributed by atoms with Crippen molar-refractivity contribution in [2.75, 3.05) is 6.54 Å². The van der Waals surface area contributed by atoms with Crippen molar-refractivity contribution >= 4 is 5.97 Å². The number of aromatic carboxylic acids is 1. The monoisotopic (exact) mass is 221 g/mol. The molecule has 0 fully saturated rings. The topological polar surface area (TPSA) is 49.3 Å². The summed E-state index contributed by atoms with van der Waals surface area (Å²) in [6, 6.07) is 7.00. The van der Waals surface area contributed by atoms with E-state index in [1.54, 1.807) is 12.1 Å². The lowest BCUT2D eigenvalue weighted by Crippen LogP contribution is -2.14. The van der Waals surface area contributed by atoms with Gasteiger partial charge in [-0.25, -0.2) is 4.79 Å². The van der Waals surface area contributed by atoms with Crippen molar-refractivity contribution in [3.8, 4) is 0 Å². The minimum atomic E-state index is -0.873. The van der Waals surface area contributed by atoms with E-state index in [2.05, 4.69) is 12.2 Å². The van der Waals surface area contributed by atoms with Crippen LogP contribution in [0.2, 0.25) is 0 Å². The first kappa shape index (κ1) is 12.7. The molecule has 0 saturated carbocycles. The lowest BCUT2D eigenvalue weighted by atomic mass is 10.1. The number of carboxylic acid groups (broad SMARTS) is 1. The van der Waals surface area contributed by atoms with Gasteiger partial charge >= 0.3 is 5.97 Å². The van der Waals surface area contributed by atoms with E-state index in [-0.39, 0.29) is 0 Å². The highest BCUT2D eigenvalue weighted by atomic mass is 16.4. The molecule has 1 rings (SSSR count). The predicted molar refractivity (Wildman–Crippen MR) is 64.6 cm³/mol. The van der Waals surface area contributed by atoms with Crippen LogP contribution in [0.3, 0.4) is 0 Å². The molecule has 0 aliphatic rings. The summed E-state index contributed by atoms with van der Waals surface area (Å²) >= 11 is 0. The van der Waals surface area contributed by atoms with Crippen LogP contribution in [0, 0.1) is 0 Å². The third kappa shape index (κ3) is 4.45. The first-order chi connectivity index (χ1) is 7.74. The normalized spacial score (nSPS) is 10.3. The summed E-state index contributed by atoms with van der Waals surface area (Å²) in [6.07, 6.45) is 3.68. The molecule has 3 nitrogen and oxygen atoms in total. The molecule has 16 heavy (non-hydrogen) atoms. The summed E-state index contributed by atoms with van der Waals surface area (Å²) in [5.41, 5.74) is 1.47. The van der Waals surface area contributed by atoms with Crippen molar-refractivity contribution in [1.29, 1.82) is 0 Å². The second kappa shape index (κ2) is 7.01. The maximum Gasteiger partial charge on any atom is 0.335 e. The van der Waals surface area contributed by atoms with Gasteiger partial charge in [0, 0.05) is 6.54 Å². The van der Waals surface area contributed by atoms with Crippen LogP contribution >= 0.6 is 0 Å². The van der Waals surface area contributed by atoms with E-state index in [4.69, 9.17) is 5.11 Å². The van der Waals surface area contributed by atoms with Gasteiger partial charge in [0.2, 0.25) is 0 Å². The molecule has 0 heterocycles. The first-order valence-electron chi connectivity index (χ1n) is 5.77. The van der Waals surface area contributed by atoms with Crippen LogP contribution in [0.15, 0.2) is 24.3 Å². The molecule has 1 aromatic carbocycles. The number of carboxylic acids is 1. The maximum absolute atomic E-state index is 10.6. The number of hydrogen-bond acceptors (Lipinski definition) is 2. The average Bonchev–Trinajstić information content (AvgIpc) is 2.29. The highest BCUT2D eigenvalue weighted by Gasteiger charge is 2.00. The number of rotatable bonds is 7. The molecule has 0 saturated heterocycles. The summed E-state index contributed by atoms with van der Waals surface area (Å²) in [5, 5.41) is 12.1. The van der Waals surface area contributed by atoms with Gasteiger partial charge in [0.1, 0.15) is 0 Å². The van der Waals surface area contributed by atoms with Gasteiger partial charge in [0.15, 0.2) is 0 Å². The molecule has 0 amide bonds. The van der Waals surface area contributed by atoms with Crippen LogP contribution in [0.4, 0.5) is 0 Å². The zero-order chi connectivity index (χ0) is 11.8. The fourth-order valence-electron chi connectivity index (χ4n) is 1.50. The van der Waals surface area contributed by atoms with E-state index in [0.717, 1.165) is 18.7 Å². The van der Waals surface area contributed by atoms with E-state index in [1.165, 1.54) is 19.3 Å². The first-order valence-corrected chi connectivity index (χ1v) is 5.77. The van der Waals surface area contributed by atoms with Crippen molar-refractivity contribution in [2.45, 2.75) is 32.7 Å². The predicted octanol–water partition coefficient (Wildman–Crippen LogP) is 2.66. The molecule has 0 atom stereocenters. The van der Waals surface area contributed by atoms with Crippen molar-refractivity contribution in [1.82, 2.24) is 5.32 Å². The van der Waals surface area contributed by atoms with Crippen molar-refractivity contribution in [3.63, 3.8) is 0 Å². The SMILES string of the molecule is CCCCCNCc1ccc(C(=O)O)cc1. The number of hydrogen-bond donors (Lipinski definition) is 2. The second-order valence-corrected chi connectivity index (χ2v) is 3.89. The molecule has 2 N–H and O–H groups in total. The smallest absolute Gasteiger partial charge is 0.335 e. The lowest BCUT2D eigenvalue weighted by molar-refractivity contribution is 0.0697. The molecular weight excluding hydrogens is 202 g/mol. The number of nitrogens with one attached hydrogen (secondary N) is 1. The molecule has 1 aromatic rings. The van der Waals surface area contributed by atoms with Crippen LogP contribution in [0.25, 0.3) is 0 Å². The summed E-state index contributed by atoms with van der Waals surface area (Å²) < 4.78 is 0. The molecule has 3 heteroatoms. The van der Waals surface area contributed by atoms with Crippen LogP contribution in [0.1, 0.15) is 42.1 Å². The third-order valence-electron chi connectivity index (χ3n) is 2.49. The average molecular weight is 221 g/mol. The molecule has 88 valence electrons. The minimum Gasteiger partial charge on any atom is -0.478 e. The Morgan fingerprint density at radius 3 is 2.50 bits per heavy atom. The highest BCUT2D eigenvalue weighted by molar-refractivity contribution is 5.87. The Bertz CT molecular complexity index is 319. The lowest BCUT2D eigenvalue weighted by Gasteiger charge is -2.04. The number of unbranched alkanes of at least 4 members (excludes halogenated alkanes) is 2. The molecule has 0 unspecified atom stereocenters.